The van der Waals surface area contributed by atoms with Gasteiger partial charge in [0.1, 0.15) is 11.6 Å². The van der Waals surface area contributed by atoms with Crippen LogP contribution < -0.4 is 0 Å². The summed E-state index contributed by atoms with van der Waals surface area (Å²) >= 11 is 4.74. The summed E-state index contributed by atoms with van der Waals surface area (Å²) in [6, 6.07) is 0. The second-order valence-corrected chi connectivity index (χ2v) is 5.69. The normalized spacial score (nSPS) is 12.0. The van der Waals surface area contributed by atoms with Crippen LogP contribution in [0.25, 0.3) is 0 Å². The molecule has 0 saturated heterocycles. The summed E-state index contributed by atoms with van der Waals surface area (Å²) in [4.78, 5) is 0. The van der Waals surface area contributed by atoms with Crippen molar-refractivity contribution in [1.82, 2.24) is 10.2 Å². The first kappa shape index (κ1) is 10.1. The average molecular weight is 251 g/mol. The van der Waals surface area contributed by atoms with Gasteiger partial charge in [-0.05, 0) is 36.7 Å². The van der Waals surface area contributed by atoms with E-state index in [0.717, 1.165) is 8.92 Å². The summed E-state index contributed by atoms with van der Waals surface area (Å²) in [5.41, 5.74) is -0.113. The standard InChI is InChI=1S/C7H11BrN2OS/c1-7(2,3)11-4-5-9-10-6(8)12-5/h4H2,1-3H3. The maximum Gasteiger partial charge on any atom is 0.183 e. The van der Waals surface area contributed by atoms with Gasteiger partial charge in [0.2, 0.25) is 0 Å². The number of hydrogen-bond donors (Lipinski definition) is 0. The van der Waals surface area contributed by atoms with Gasteiger partial charge in [-0.3, -0.25) is 0 Å². The second kappa shape index (κ2) is 3.81. The molecule has 68 valence electrons. The predicted molar refractivity (Wildman–Crippen MR) is 52.2 cm³/mol. The van der Waals surface area contributed by atoms with E-state index in [9.17, 15) is 0 Å². The Morgan fingerprint density at radius 2 is 2.08 bits per heavy atom. The summed E-state index contributed by atoms with van der Waals surface area (Å²) in [6.07, 6.45) is 0. The number of nitrogens with zero attached hydrogens (tertiary/aromatic N) is 2. The topological polar surface area (TPSA) is 35.0 Å². The summed E-state index contributed by atoms with van der Waals surface area (Å²) < 4.78 is 6.32. The van der Waals surface area contributed by atoms with Crippen LogP contribution in [-0.4, -0.2) is 15.8 Å². The smallest absolute Gasteiger partial charge is 0.183 e. The number of halogens is 1. The molecule has 0 aliphatic rings. The largest absolute Gasteiger partial charge is 0.369 e. The van der Waals surface area contributed by atoms with Crippen LogP contribution in [0.3, 0.4) is 0 Å². The molecule has 0 atom stereocenters. The van der Waals surface area contributed by atoms with E-state index in [1.165, 1.54) is 11.3 Å². The lowest BCUT2D eigenvalue weighted by molar-refractivity contribution is -0.0152. The van der Waals surface area contributed by atoms with E-state index in [-0.39, 0.29) is 5.60 Å². The Bertz CT molecular complexity index is 256. The molecule has 0 spiro atoms. The van der Waals surface area contributed by atoms with Crippen LogP contribution in [0.1, 0.15) is 25.8 Å². The minimum atomic E-state index is -0.113. The van der Waals surface area contributed by atoms with Crippen molar-refractivity contribution in [3.05, 3.63) is 8.92 Å². The minimum Gasteiger partial charge on any atom is -0.369 e. The van der Waals surface area contributed by atoms with Crippen LogP contribution in [0, 0.1) is 0 Å². The number of aromatic nitrogens is 2. The van der Waals surface area contributed by atoms with Gasteiger partial charge in [0.05, 0.1) is 5.60 Å². The molecular weight excluding hydrogens is 240 g/mol. The zero-order valence-corrected chi connectivity index (χ0v) is 9.70. The molecule has 0 bridgehead atoms. The fraction of sp³-hybridized carbons (Fsp3) is 0.714. The predicted octanol–water partition coefficient (Wildman–Crippen LogP) is 2.62. The van der Waals surface area contributed by atoms with Crippen LogP contribution >= 0.6 is 27.3 Å². The molecule has 5 heteroatoms. The van der Waals surface area contributed by atoms with E-state index in [1.807, 2.05) is 20.8 Å². The summed E-state index contributed by atoms with van der Waals surface area (Å²) in [7, 11) is 0. The third-order valence-electron chi connectivity index (χ3n) is 1.07. The third kappa shape index (κ3) is 3.60. The van der Waals surface area contributed by atoms with Crippen molar-refractivity contribution in [2.45, 2.75) is 33.0 Å². The lowest BCUT2D eigenvalue weighted by atomic mass is 10.2. The van der Waals surface area contributed by atoms with E-state index >= 15 is 0 Å². The lowest BCUT2D eigenvalue weighted by Gasteiger charge is -2.17. The van der Waals surface area contributed by atoms with Gasteiger partial charge in [-0.25, -0.2) is 0 Å². The fourth-order valence-electron chi connectivity index (χ4n) is 0.570. The van der Waals surface area contributed by atoms with E-state index in [4.69, 9.17) is 4.74 Å². The first-order chi connectivity index (χ1) is 5.47. The Labute approximate surface area is 84.3 Å². The molecule has 0 saturated carbocycles. The minimum absolute atomic E-state index is 0.113. The first-order valence-electron chi connectivity index (χ1n) is 3.59. The zero-order chi connectivity index (χ0) is 9.19. The average Bonchev–Trinajstić information content (AvgIpc) is 2.30. The fourth-order valence-corrected chi connectivity index (χ4v) is 1.69. The molecule has 0 N–H and O–H groups in total. The Hall–Kier alpha value is -0.0000000000000000833. The molecule has 3 nitrogen and oxygen atoms in total. The Morgan fingerprint density at radius 3 is 2.50 bits per heavy atom. The van der Waals surface area contributed by atoms with Gasteiger partial charge in [0.15, 0.2) is 3.92 Å². The Balaban J connectivity index is 2.44. The molecule has 0 aliphatic heterocycles. The van der Waals surface area contributed by atoms with Gasteiger partial charge in [-0.1, -0.05) is 11.3 Å². The molecule has 0 amide bonds. The van der Waals surface area contributed by atoms with E-state index in [2.05, 4.69) is 26.1 Å². The second-order valence-electron chi connectivity index (χ2n) is 3.35. The van der Waals surface area contributed by atoms with Gasteiger partial charge in [-0.2, -0.15) is 0 Å². The van der Waals surface area contributed by atoms with Crippen LogP contribution in [-0.2, 0) is 11.3 Å². The third-order valence-corrected chi connectivity index (χ3v) is 2.40. The van der Waals surface area contributed by atoms with Crippen LogP contribution in [0.5, 0.6) is 0 Å². The highest BCUT2D eigenvalue weighted by molar-refractivity contribution is 9.11. The highest BCUT2D eigenvalue weighted by Crippen LogP contribution is 2.18. The molecule has 12 heavy (non-hydrogen) atoms. The quantitative estimate of drug-likeness (QED) is 0.810. The Morgan fingerprint density at radius 1 is 1.42 bits per heavy atom. The maximum absolute atomic E-state index is 5.52. The van der Waals surface area contributed by atoms with Crippen molar-refractivity contribution in [1.29, 1.82) is 0 Å². The summed E-state index contributed by atoms with van der Waals surface area (Å²) in [5, 5.41) is 8.64. The van der Waals surface area contributed by atoms with Gasteiger partial charge in [0.25, 0.3) is 0 Å². The highest BCUT2D eigenvalue weighted by Gasteiger charge is 2.11. The monoisotopic (exact) mass is 250 g/mol. The van der Waals surface area contributed by atoms with Gasteiger partial charge in [-0.15, -0.1) is 10.2 Å². The SMILES string of the molecule is CC(C)(C)OCc1nnc(Br)s1. The van der Waals surface area contributed by atoms with Gasteiger partial charge in [0, 0.05) is 0 Å². The summed E-state index contributed by atoms with van der Waals surface area (Å²) in [6.45, 7) is 6.59. The van der Waals surface area contributed by atoms with Crippen molar-refractivity contribution in [2.75, 3.05) is 0 Å². The molecule has 1 aromatic heterocycles. The number of rotatable bonds is 2. The van der Waals surface area contributed by atoms with Crippen molar-refractivity contribution in [2.24, 2.45) is 0 Å². The molecule has 1 heterocycles. The van der Waals surface area contributed by atoms with Crippen molar-refractivity contribution in [3.63, 3.8) is 0 Å². The van der Waals surface area contributed by atoms with Crippen LogP contribution in [0.2, 0.25) is 0 Å². The molecule has 0 radical (unpaired) electrons. The molecule has 0 aromatic carbocycles. The number of ether oxygens (including phenoxy) is 1. The summed E-state index contributed by atoms with van der Waals surface area (Å²) in [5.74, 6) is 0. The van der Waals surface area contributed by atoms with Crippen molar-refractivity contribution < 1.29 is 4.74 Å². The molecule has 0 aliphatic carbocycles. The number of hydrogen-bond acceptors (Lipinski definition) is 4. The first-order valence-corrected chi connectivity index (χ1v) is 5.20. The van der Waals surface area contributed by atoms with E-state index in [1.54, 1.807) is 0 Å². The molecule has 1 aromatic rings. The van der Waals surface area contributed by atoms with Crippen LogP contribution in [0.15, 0.2) is 3.92 Å². The van der Waals surface area contributed by atoms with E-state index < -0.39 is 0 Å². The van der Waals surface area contributed by atoms with Crippen molar-refractivity contribution in [3.8, 4) is 0 Å². The molecule has 1 rings (SSSR count). The molecular formula is C7H11BrN2OS. The van der Waals surface area contributed by atoms with Crippen LogP contribution in [0.4, 0.5) is 0 Å². The van der Waals surface area contributed by atoms with Gasteiger partial charge >= 0.3 is 0 Å². The van der Waals surface area contributed by atoms with E-state index in [0.29, 0.717) is 6.61 Å². The molecule has 0 fully saturated rings. The van der Waals surface area contributed by atoms with Crippen molar-refractivity contribution >= 4 is 27.3 Å². The highest BCUT2D eigenvalue weighted by atomic mass is 79.9. The van der Waals surface area contributed by atoms with Gasteiger partial charge < -0.3 is 4.74 Å². The zero-order valence-electron chi connectivity index (χ0n) is 7.30. The molecule has 0 unspecified atom stereocenters. The Kier molecular flexibility index (Phi) is 3.20. The maximum atomic E-state index is 5.52. The lowest BCUT2D eigenvalue weighted by Crippen LogP contribution is -2.18.